The maximum atomic E-state index is 10.7. The van der Waals surface area contributed by atoms with Gasteiger partial charge in [-0.2, -0.15) is 0 Å². The third-order valence-corrected chi connectivity index (χ3v) is 1.76. The molecule has 0 aromatic rings. The number of aliphatic hydroxyl groups excluding tert-OH is 1. The van der Waals surface area contributed by atoms with Gasteiger partial charge in [0.25, 0.3) is 0 Å². The molecule has 1 N–H and O–H groups in total. The molecule has 0 bridgehead atoms. The van der Waals surface area contributed by atoms with Gasteiger partial charge in [0.1, 0.15) is 0 Å². The van der Waals surface area contributed by atoms with E-state index in [1.165, 1.54) is 0 Å². The Balaban J connectivity index is 3.49. The monoisotopic (exact) mass is 174 g/mol. The van der Waals surface area contributed by atoms with E-state index in [9.17, 15) is 4.79 Å². The van der Waals surface area contributed by atoms with Crippen molar-refractivity contribution >= 4 is 5.97 Å². The van der Waals surface area contributed by atoms with Gasteiger partial charge in [-0.15, -0.1) is 0 Å². The predicted molar refractivity (Wildman–Crippen MR) is 46.7 cm³/mol. The molecule has 3 heteroatoms. The van der Waals surface area contributed by atoms with Crippen molar-refractivity contribution in [3.05, 3.63) is 0 Å². The minimum Gasteiger partial charge on any atom is -0.466 e. The zero-order valence-corrected chi connectivity index (χ0v) is 8.09. The van der Waals surface area contributed by atoms with Crippen molar-refractivity contribution in [3.8, 4) is 0 Å². The lowest BCUT2D eigenvalue weighted by Gasteiger charge is -2.20. The highest BCUT2D eigenvalue weighted by Crippen LogP contribution is 2.18. The SMILES string of the molecule is CCC(=O)OCCC(C)(C)CO. The number of carbonyl (C=O) groups is 1. The van der Waals surface area contributed by atoms with E-state index >= 15 is 0 Å². The van der Waals surface area contributed by atoms with Crippen LogP contribution in [0.5, 0.6) is 0 Å². The van der Waals surface area contributed by atoms with Crippen LogP contribution < -0.4 is 0 Å². The van der Waals surface area contributed by atoms with Gasteiger partial charge in [0.15, 0.2) is 0 Å². The third kappa shape index (κ3) is 5.13. The van der Waals surface area contributed by atoms with Crippen LogP contribution in [-0.2, 0) is 9.53 Å². The summed E-state index contributed by atoms with van der Waals surface area (Å²) in [5, 5.41) is 8.88. The Morgan fingerprint density at radius 3 is 2.50 bits per heavy atom. The fourth-order valence-electron chi connectivity index (χ4n) is 0.622. The van der Waals surface area contributed by atoms with Gasteiger partial charge >= 0.3 is 5.97 Å². The first-order chi connectivity index (χ1) is 5.52. The summed E-state index contributed by atoms with van der Waals surface area (Å²) in [6.45, 7) is 6.16. The van der Waals surface area contributed by atoms with Gasteiger partial charge in [-0.1, -0.05) is 20.8 Å². The molecule has 0 aliphatic rings. The first kappa shape index (κ1) is 11.4. The zero-order chi connectivity index (χ0) is 9.61. The number of aliphatic hydroxyl groups is 1. The van der Waals surface area contributed by atoms with Crippen molar-refractivity contribution in [2.45, 2.75) is 33.6 Å². The predicted octanol–water partition coefficient (Wildman–Crippen LogP) is 1.35. The van der Waals surface area contributed by atoms with Crippen molar-refractivity contribution in [2.75, 3.05) is 13.2 Å². The van der Waals surface area contributed by atoms with E-state index in [0.29, 0.717) is 19.4 Å². The summed E-state index contributed by atoms with van der Waals surface area (Å²) in [4.78, 5) is 10.7. The molecule has 12 heavy (non-hydrogen) atoms. The molecule has 0 unspecified atom stereocenters. The summed E-state index contributed by atoms with van der Waals surface area (Å²) in [5.74, 6) is -0.177. The summed E-state index contributed by atoms with van der Waals surface area (Å²) in [5.41, 5.74) is -0.145. The quantitative estimate of drug-likeness (QED) is 0.640. The lowest BCUT2D eigenvalue weighted by Crippen LogP contribution is -2.20. The molecule has 0 atom stereocenters. The molecule has 0 aromatic heterocycles. The van der Waals surface area contributed by atoms with Crippen LogP contribution in [-0.4, -0.2) is 24.3 Å². The molecule has 0 fully saturated rings. The van der Waals surface area contributed by atoms with E-state index in [1.807, 2.05) is 13.8 Å². The van der Waals surface area contributed by atoms with Crippen LogP contribution in [0.25, 0.3) is 0 Å². The molecular weight excluding hydrogens is 156 g/mol. The van der Waals surface area contributed by atoms with Crippen LogP contribution >= 0.6 is 0 Å². The Kier molecular flexibility index (Phi) is 4.90. The van der Waals surface area contributed by atoms with Crippen LogP contribution in [0.2, 0.25) is 0 Å². The van der Waals surface area contributed by atoms with Gasteiger partial charge in [0.2, 0.25) is 0 Å². The van der Waals surface area contributed by atoms with Gasteiger partial charge in [-0.05, 0) is 11.8 Å². The summed E-state index contributed by atoms with van der Waals surface area (Å²) in [6.07, 6.45) is 1.12. The summed E-state index contributed by atoms with van der Waals surface area (Å²) in [6, 6.07) is 0. The van der Waals surface area contributed by atoms with Gasteiger partial charge in [0.05, 0.1) is 6.61 Å². The molecule has 0 amide bonds. The van der Waals surface area contributed by atoms with Gasteiger partial charge in [-0.3, -0.25) is 4.79 Å². The lowest BCUT2D eigenvalue weighted by atomic mass is 9.91. The van der Waals surface area contributed by atoms with Crippen LogP contribution in [0.1, 0.15) is 33.6 Å². The van der Waals surface area contributed by atoms with Gasteiger partial charge in [-0.25, -0.2) is 0 Å². The Labute approximate surface area is 73.7 Å². The molecule has 0 saturated heterocycles. The second kappa shape index (κ2) is 5.14. The number of hydrogen-bond donors (Lipinski definition) is 1. The molecule has 0 heterocycles. The van der Waals surface area contributed by atoms with Crippen molar-refractivity contribution in [1.82, 2.24) is 0 Å². The highest BCUT2D eigenvalue weighted by Gasteiger charge is 2.16. The Morgan fingerprint density at radius 1 is 1.50 bits per heavy atom. The number of rotatable bonds is 5. The average molecular weight is 174 g/mol. The molecule has 0 aliphatic carbocycles. The minimum atomic E-state index is -0.177. The van der Waals surface area contributed by atoms with Crippen LogP contribution in [0.4, 0.5) is 0 Å². The maximum absolute atomic E-state index is 10.7. The summed E-state index contributed by atoms with van der Waals surface area (Å²) < 4.78 is 4.88. The largest absolute Gasteiger partial charge is 0.466 e. The van der Waals surface area contributed by atoms with E-state index < -0.39 is 0 Å². The zero-order valence-electron chi connectivity index (χ0n) is 8.09. The molecule has 72 valence electrons. The number of esters is 1. The Hall–Kier alpha value is -0.570. The van der Waals surface area contributed by atoms with Crippen molar-refractivity contribution in [2.24, 2.45) is 5.41 Å². The molecule has 0 spiro atoms. The summed E-state index contributed by atoms with van der Waals surface area (Å²) >= 11 is 0. The minimum absolute atomic E-state index is 0.122. The fourth-order valence-corrected chi connectivity index (χ4v) is 0.622. The standard InChI is InChI=1S/C9H18O3/c1-4-8(11)12-6-5-9(2,3)7-10/h10H,4-7H2,1-3H3. The first-order valence-corrected chi connectivity index (χ1v) is 4.28. The van der Waals surface area contributed by atoms with Crippen LogP contribution in [0, 0.1) is 5.41 Å². The fraction of sp³-hybridized carbons (Fsp3) is 0.889. The number of hydrogen-bond acceptors (Lipinski definition) is 3. The van der Waals surface area contributed by atoms with E-state index in [-0.39, 0.29) is 18.0 Å². The topological polar surface area (TPSA) is 46.5 Å². The average Bonchev–Trinajstić information content (AvgIpc) is 2.04. The number of carbonyl (C=O) groups excluding carboxylic acids is 1. The van der Waals surface area contributed by atoms with Crippen molar-refractivity contribution in [1.29, 1.82) is 0 Å². The Bertz CT molecular complexity index is 141. The molecule has 0 radical (unpaired) electrons. The van der Waals surface area contributed by atoms with E-state index in [0.717, 1.165) is 0 Å². The number of ether oxygens (including phenoxy) is 1. The second-order valence-corrected chi connectivity index (χ2v) is 3.65. The Morgan fingerprint density at radius 2 is 2.08 bits per heavy atom. The van der Waals surface area contributed by atoms with E-state index in [4.69, 9.17) is 9.84 Å². The van der Waals surface area contributed by atoms with Gasteiger partial charge in [0, 0.05) is 13.0 Å². The maximum Gasteiger partial charge on any atom is 0.305 e. The molecule has 3 nitrogen and oxygen atoms in total. The smallest absolute Gasteiger partial charge is 0.305 e. The van der Waals surface area contributed by atoms with Gasteiger partial charge < -0.3 is 9.84 Å². The molecule has 0 aliphatic heterocycles. The lowest BCUT2D eigenvalue weighted by molar-refractivity contribution is -0.144. The molecule has 0 aromatic carbocycles. The normalized spacial score (nSPS) is 11.3. The molecule has 0 saturated carbocycles. The van der Waals surface area contributed by atoms with E-state index in [1.54, 1.807) is 6.92 Å². The second-order valence-electron chi connectivity index (χ2n) is 3.65. The van der Waals surface area contributed by atoms with Crippen LogP contribution in [0.15, 0.2) is 0 Å². The van der Waals surface area contributed by atoms with Crippen molar-refractivity contribution in [3.63, 3.8) is 0 Å². The third-order valence-electron chi connectivity index (χ3n) is 1.76. The molecule has 0 rings (SSSR count). The highest BCUT2D eigenvalue weighted by molar-refractivity contribution is 5.68. The van der Waals surface area contributed by atoms with Crippen molar-refractivity contribution < 1.29 is 14.6 Å². The van der Waals surface area contributed by atoms with E-state index in [2.05, 4.69) is 0 Å². The highest BCUT2D eigenvalue weighted by atomic mass is 16.5. The van der Waals surface area contributed by atoms with Crippen LogP contribution in [0.3, 0.4) is 0 Å². The molecular formula is C9H18O3. The summed E-state index contributed by atoms with van der Waals surface area (Å²) in [7, 11) is 0. The first-order valence-electron chi connectivity index (χ1n) is 4.28.